The van der Waals surface area contributed by atoms with Crippen LogP contribution in [0.5, 0.6) is 0 Å². The maximum absolute atomic E-state index is 13.8. The smallest absolute Gasteiger partial charge is 0.272 e. The number of H-pyrrole nitrogens is 1. The lowest BCUT2D eigenvalue weighted by atomic mass is 10.1. The summed E-state index contributed by atoms with van der Waals surface area (Å²) in [4.78, 5) is 15.3. The highest BCUT2D eigenvalue weighted by atomic mass is 32.2. The molecule has 1 heterocycles. The molecule has 1 aromatic heterocycles. The van der Waals surface area contributed by atoms with Crippen LogP contribution in [-0.4, -0.2) is 24.8 Å². The molecular formula is C19H20FN3O3S. The Kier molecular flexibility index (Phi) is 4.79. The van der Waals surface area contributed by atoms with Crippen molar-refractivity contribution in [3.63, 3.8) is 0 Å². The Balaban J connectivity index is 1.85. The fraction of sp³-hybridized carbons (Fsp3) is 0.211. The number of aromatic nitrogens is 1. The number of hydrogen-bond donors (Lipinski definition) is 3. The van der Waals surface area contributed by atoms with E-state index in [1.807, 2.05) is 0 Å². The van der Waals surface area contributed by atoms with E-state index < -0.39 is 27.3 Å². The fourth-order valence-electron chi connectivity index (χ4n) is 2.64. The van der Waals surface area contributed by atoms with Crippen molar-refractivity contribution in [1.29, 1.82) is 0 Å². The Morgan fingerprint density at radius 1 is 1.07 bits per heavy atom. The molecule has 3 rings (SSSR count). The summed E-state index contributed by atoms with van der Waals surface area (Å²) in [5.41, 5.74) is 0.366. The summed E-state index contributed by atoms with van der Waals surface area (Å²) in [6.07, 6.45) is 0. The number of fused-ring (bicyclic) bond motifs is 1. The van der Waals surface area contributed by atoms with Gasteiger partial charge in [0.05, 0.1) is 4.90 Å². The summed E-state index contributed by atoms with van der Waals surface area (Å²) in [6, 6.07) is 11.9. The number of sulfonamides is 1. The minimum Gasteiger partial charge on any atom is -0.350 e. The van der Waals surface area contributed by atoms with Gasteiger partial charge in [0.25, 0.3) is 5.91 Å². The first-order valence-corrected chi connectivity index (χ1v) is 9.76. The highest BCUT2D eigenvalue weighted by Gasteiger charge is 2.22. The Labute approximate surface area is 156 Å². The van der Waals surface area contributed by atoms with E-state index in [1.54, 1.807) is 39.0 Å². The lowest BCUT2D eigenvalue weighted by Gasteiger charge is -2.20. The maximum Gasteiger partial charge on any atom is 0.272 e. The molecule has 142 valence electrons. The number of carbonyl (C=O) groups is 1. The van der Waals surface area contributed by atoms with Gasteiger partial charge in [0.15, 0.2) is 0 Å². The molecule has 27 heavy (non-hydrogen) atoms. The molecule has 3 N–H and O–H groups in total. The van der Waals surface area contributed by atoms with Crippen LogP contribution in [0.2, 0.25) is 0 Å². The van der Waals surface area contributed by atoms with Gasteiger partial charge in [0.2, 0.25) is 10.0 Å². The van der Waals surface area contributed by atoms with Gasteiger partial charge in [-0.05, 0) is 57.2 Å². The fourth-order valence-corrected chi connectivity index (χ4v) is 4.11. The minimum absolute atomic E-state index is 0.0397. The molecule has 0 saturated heterocycles. The summed E-state index contributed by atoms with van der Waals surface area (Å²) in [5, 5.41) is 2.94. The summed E-state index contributed by atoms with van der Waals surface area (Å²) >= 11 is 0. The molecule has 0 saturated carbocycles. The first-order valence-electron chi connectivity index (χ1n) is 8.28. The van der Waals surface area contributed by atoms with Crippen molar-refractivity contribution in [2.75, 3.05) is 5.32 Å². The number of halogens is 1. The average Bonchev–Trinajstić information content (AvgIpc) is 2.99. The number of hydrogen-bond acceptors (Lipinski definition) is 3. The second kappa shape index (κ2) is 6.79. The summed E-state index contributed by atoms with van der Waals surface area (Å²) in [7, 11) is -3.73. The van der Waals surface area contributed by atoms with Crippen molar-refractivity contribution in [2.45, 2.75) is 31.2 Å². The number of amides is 1. The van der Waals surface area contributed by atoms with Crippen LogP contribution in [0.15, 0.2) is 53.4 Å². The molecule has 0 aliphatic carbocycles. The van der Waals surface area contributed by atoms with E-state index in [0.29, 0.717) is 16.6 Å². The minimum atomic E-state index is -3.73. The van der Waals surface area contributed by atoms with E-state index >= 15 is 0 Å². The second-order valence-corrected chi connectivity index (χ2v) is 8.90. The standard InChI is InChI=1S/C19H20FN3O3S/c1-19(2,3)23-27(25,26)13-7-4-6-12(10-13)21-18(24)17-11-14-15(20)8-5-9-16(14)22-17/h4-11,22-23H,1-3H3,(H,21,24). The summed E-state index contributed by atoms with van der Waals surface area (Å²) in [5.74, 6) is -0.923. The van der Waals surface area contributed by atoms with Crippen LogP contribution in [0.3, 0.4) is 0 Å². The van der Waals surface area contributed by atoms with Crippen molar-refractivity contribution in [1.82, 2.24) is 9.71 Å². The predicted molar refractivity (Wildman–Crippen MR) is 103 cm³/mol. The van der Waals surface area contributed by atoms with Crippen molar-refractivity contribution >= 4 is 32.5 Å². The van der Waals surface area contributed by atoms with Crippen LogP contribution in [0.4, 0.5) is 10.1 Å². The topological polar surface area (TPSA) is 91.1 Å². The van der Waals surface area contributed by atoms with Crippen LogP contribution < -0.4 is 10.0 Å². The molecule has 0 unspecified atom stereocenters. The molecule has 0 aliphatic rings. The van der Waals surface area contributed by atoms with Gasteiger partial charge < -0.3 is 10.3 Å². The van der Waals surface area contributed by atoms with Gasteiger partial charge in [-0.15, -0.1) is 0 Å². The number of rotatable bonds is 4. The van der Waals surface area contributed by atoms with Crippen LogP contribution in [-0.2, 0) is 10.0 Å². The van der Waals surface area contributed by atoms with Gasteiger partial charge in [-0.2, -0.15) is 0 Å². The molecule has 0 radical (unpaired) electrons. The molecule has 0 spiro atoms. The van der Waals surface area contributed by atoms with Crippen molar-refractivity contribution in [3.8, 4) is 0 Å². The molecule has 8 heteroatoms. The van der Waals surface area contributed by atoms with Crippen molar-refractivity contribution < 1.29 is 17.6 Å². The van der Waals surface area contributed by atoms with E-state index in [-0.39, 0.29) is 10.6 Å². The lowest BCUT2D eigenvalue weighted by molar-refractivity contribution is 0.102. The zero-order valence-corrected chi connectivity index (χ0v) is 15.9. The molecular weight excluding hydrogens is 369 g/mol. The van der Waals surface area contributed by atoms with Crippen molar-refractivity contribution in [2.24, 2.45) is 0 Å². The monoisotopic (exact) mass is 389 g/mol. The number of anilines is 1. The largest absolute Gasteiger partial charge is 0.350 e. The molecule has 2 aromatic carbocycles. The Morgan fingerprint density at radius 2 is 1.78 bits per heavy atom. The molecule has 0 bridgehead atoms. The molecule has 0 fully saturated rings. The number of nitrogens with one attached hydrogen (secondary N) is 3. The van der Waals surface area contributed by atoms with E-state index in [4.69, 9.17) is 0 Å². The first kappa shape index (κ1) is 19.1. The van der Waals surface area contributed by atoms with Crippen LogP contribution in [0.1, 0.15) is 31.3 Å². The van der Waals surface area contributed by atoms with Gasteiger partial charge in [0.1, 0.15) is 11.5 Å². The SMILES string of the molecule is CC(C)(C)NS(=O)(=O)c1cccc(NC(=O)c2cc3c(F)cccc3[nH]2)c1. The zero-order valence-electron chi connectivity index (χ0n) is 15.1. The maximum atomic E-state index is 13.8. The number of benzene rings is 2. The third-order valence-electron chi connectivity index (χ3n) is 3.70. The Bertz CT molecular complexity index is 1110. The third kappa shape index (κ3) is 4.35. The van der Waals surface area contributed by atoms with Crippen LogP contribution in [0.25, 0.3) is 10.9 Å². The van der Waals surface area contributed by atoms with E-state index in [0.717, 1.165) is 0 Å². The first-order chi connectivity index (χ1) is 12.5. The summed E-state index contributed by atoms with van der Waals surface area (Å²) in [6.45, 7) is 5.22. The van der Waals surface area contributed by atoms with Gasteiger partial charge in [0, 0.05) is 22.1 Å². The Morgan fingerprint density at radius 3 is 2.44 bits per heavy atom. The van der Waals surface area contributed by atoms with Crippen LogP contribution in [0, 0.1) is 5.82 Å². The highest BCUT2D eigenvalue weighted by Crippen LogP contribution is 2.21. The molecule has 0 aliphatic heterocycles. The van der Waals surface area contributed by atoms with Gasteiger partial charge in [-0.1, -0.05) is 12.1 Å². The molecule has 3 aromatic rings. The van der Waals surface area contributed by atoms with Crippen molar-refractivity contribution in [3.05, 3.63) is 60.0 Å². The number of aromatic amines is 1. The third-order valence-corrected chi connectivity index (χ3v) is 5.45. The second-order valence-electron chi connectivity index (χ2n) is 7.22. The Hall–Kier alpha value is -2.71. The van der Waals surface area contributed by atoms with Gasteiger partial charge in [-0.3, -0.25) is 4.79 Å². The van der Waals surface area contributed by atoms with Crippen LogP contribution >= 0.6 is 0 Å². The van der Waals surface area contributed by atoms with Gasteiger partial charge >= 0.3 is 0 Å². The molecule has 1 amide bonds. The molecule has 6 nitrogen and oxygen atoms in total. The predicted octanol–water partition coefficient (Wildman–Crippen LogP) is 3.64. The lowest BCUT2D eigenvalue weighted by Crippen LogP contribution is -2.40. The highest BCUT2D eigenvalue weighted by molar-refractivity contribution is 7.89. The van der Waals surface area contributed by atoms with E-state index in [1.165, 1.54) is 30.3 Å². The quantitative estimate of drug-likeness (QED) is 0.636. The van der Waals surface area contributed by atoms with E-state index in [2.05, 4.69) is 15.0 Å². The average molecular weight is 389 g/mol. The molecule has 0 atom stereocenters. The number of carbonyl (C=O) groups excluding carboxylic acids is 1. The van der Waals surface area contributed by atoms with E-state index in [9.17, 15) is 17.6 Å². The van der Waals surface area contributed by atoms with Gasteiger partial charge in [-0.25, -0.2) is 17.5 Å². The normalized spacial score (nSPS) is 12.3. The zero-order chi connectivity index (χ0) is 19.8. The summed E-state index contributed by atoms with van der Waals surface area (Å²) < 4.78 is 41.2.